The van der Waals surface area contributed by atoms with Crippen LogP contribution in [0.3, 0.4) is 0 Å². The maximum Gasteiger partial charge on any atom is 0.405 e. The summed E-state index contributed by atoms with van der Waals surface area (Å²) in [5.74, 6) is 0. The topological polar surface area (TPSA) is 127 Å². The van der Waals surface area contributed by atoms with Crippen molar-refractivity contribution >= 4 is 23.0 Å². The molecule has 0 fully saturated rings. The highest BCUT2D eigenvalue weighted by atomic mass is 32.5. The fourth-order valence-electron chi connectivity index (χ4n) is 0.129. The van der Waals surface area contributed by atoms with Crippen molar-refractivity contribution in [2.45, 2.75) is 0 Å². The van der Waals surface area contributed by atoms with Gasteiger partial charge in [0.25, 0.3) is 16.3 Å². The molecule has 13 heavy (non-hydrogen) atoms. The van der Waals surface area contributed by atoms with Gasteiger partial charge in [-0.15, -0.1) is 4.67 Å². The lowest BCUT2D eigenvalue weighted by atomic mass is 14.1. The van der Waals surface area contributed by atoms with Gasteiger partial charge in [0.2, 0.25) is 0 Å². The molecule has 0 aromatic carbocycles. The first kappa shape index (κ1) is 13.2. The van der Waals surface area contributed by atoms with Crippen molar-refractivity contribution < 1.29 is 48.8 Å². The van der Waals surface area contributed by atoms with Gasteiger partial charge in [0.1, 0.15) is 0 Å². The molecule has 0 saturated heterocycles. The molecule has 0 aliphatic carbocycles. The smallest absolute Gasteiger partial charge is 0.264 e. The molecule has 0 bridgehead atoms. The lowest BCUT2D eigenvalue weighted by Gasteiger charge is -1.98. The van der Waals surface area contributed by atoms with E-state index in [1.165, 1.54) is 0 Å². The average molecular weight is 254 g/mol. The van der Waals surface area contributed by atoms with Crippen LogP contribution in [0.2, 0.25) is 0 Å². The molecule has 0 atom stereocenters. The number of hydrogen-bond donors (Lipinski definition) is 1. The fraction of sp³-hybridized carbons (Fsp3) is 0. The Morgan fingerprint density at radius 1 is 1.00 bits per heavy atom. The van der Waals surface area contributed by atoms with Gasteiger partial charge in [0.05, 0.1) is 0 Å². The molecule has 0 amide bonds. The Kier molecular flexibility index (Phi) is 7.63. The molecule has 0 unspecified atom stereocenters. The summed E-state index contributed by atoms with van der Waals surface area (Å²) in [5, 5.41) is 23.6. The van der Waals surface area contributed by atoms with Crippen LogP contribution in [0, 0.1) is 0 Å². The van der Waals surface area contributed by atoms with Gasteiger partial charge in [-0.1, -0.05) is 0 Å². The highest BCUT2D eigenvalue weighted by molar-refractivity contribution is 8.47. The first-order valence-corrected chi connectivity index (χ1v) is 6.81. The molecule has 0 radical (unpaired) electrons. The molecule has 13 heteroatoms. The molecule has 0 aromatic rings. The molecular formula is HO10P3. The van der Waals surface area contributed by atoms with Crippen LogP contribution >= 0.6 is 23.0 Å². The Bertz CT molecular complexity index is 184. The molecule has 0 spiro atoms. The molecule has 76 valence electrons. The minimum Gasteiger partial charge on any atom is -0.264 e. The lowest BCUT2D eigenvalue weighted by Crippen LogP contribution is -1.96. The Labute approximate surface area is 72.8 Å². The van der Waals surface area contributed by atoms with E-state index in [4.69, 9.17) is 5.26 Å². The van der Waals surface area contributed by atoms with E-state index in [0.29, 0.717) is 0 Å². The highest BCUT2D eigenvalue weighted by Crippen LogP contribution is 2.69. The van der Waals surface area contributed by atoms with Gasteiger partial charge in [-0.25, -0.2) is 5.26 Å². The second-order valence-corrected chi connectivity index (χ2v) is 7.62. The van der Waals surface area contributed by atoms with Crippen molar-refractivity contribution in [2.24, 2.45) is 0 Å². The minimum absolute atomic E-state index is 1.05. The van der Waals surface area contributed by atoms with E-state index in [-0.39, 0.29) is 0 Å². The first-order chi connectivity index (χ1) is 6.18. The van der Waals surface area contributed by atoms with Gasteiger partial charge < -0.3 is 0 Å². The molecule has 0 aliphatic heterocycles. The SMILES string of the molecule is O=PP(=O)(OOOOOOO)P=O. The fourth-order valence-corrected chi connectivity index (χ4v) is 1.00. The van der Waals surface area contributed by atoms with Gasteiger partial charge in [-0.2, -0.15) is 0 Å². The van der Waals surface area contributed by atoms with Crippen LogP contribution in [0.5, 0.6) is 0 Å². The van der Waals surface area contributed by atoms with Crippen LogP contribution in [-0.2, 0) is 43.6 Å². The third kappa shape index (κ3) is 6.25. The Hall–Kier alpha value is 0.150. The molecular weight excluding hydrogens is 253 g/mol. The van der Waals surface area contributed by atoms with Crippen LogP contribution in [-0.4, -0.2) is 5.26 Å². The largest absolute Gasteiger partial charge is 0.405 e. The third-order valence-corrected chi connectivity index (χ3v) is 4.07. The van der Waals surface area contributed by atoms with Gasteiger partial charge in [0, 0.05) is 0 Å². The van der Waals surface area contributed by atoms with E-state index >= 15 is 0 Å². The summed E-state index contributed by atoms with van der Waals surface area (Å²) in [5.41, 5.74) is 0. The zero-order valence-electron chi connectivity index (χ0n) is 5.46. The first-order valence-electron chi connectivity index (χ1n) is 2.15. The average Bonchev–Trinajstić information content (AvgIpc) is 2.17. The lowest BCUT2D eigenvalue weighted by molar-refractivity contribution is -0.779. The Balaban J connectivity index is 3.56. The minimum atomic E-state index is -3.98. The quantitative estimate of drug-likeness (QED) is 0.296. The molecule has 0 aliphatic rings. The van der Waals surface area contributed by atoms with E-state index in [0.717, 1.165) is 0 Å². The van der Waals surface area contributed by atoms with E-state index in [1.807, 2.05) is 0 Å². The van der Waals surface area contributed by atoms with E-state index in [1.54, 1.807) is 0 Å². The summed E-state index contributed by atoms with van der Waals surface area (Å²) in [7, 11) is -2.10. The molecule has 0 heterocycles. The number of hydrogen-bond acceptors (Lipinski definition) is 10. The van der Waals surface area contributed by atoms with E-state index in [2.05, 4.69) is 29.9 Å². The summed E-state index contributed by atoms with van der Waals surface area (Å²) < 4.78 is 34.5. The van der Waals surface area contributed by atoms with Gasteiger partial charge in [-0.3, -0.25) is 13.7 Å². The molecule has 0 rings (SSSR count). The highest BCUT2D eigenvalue weighted by Gasteiger charge is 2.27. The summed E-state index contributed by atoms with van der Waals surface area (Å²) in [6, 6.07) is 0. The summed E-state index contributed by atoms with van der Waals surface area (Å²) >= 11 is 0. The monoisotopic (exact) mass is 254 g/mol. The van der Waals surface area contributed by atoms with Crippen LogP contribution in [0.15, 0.2) is 0 Å². The van der Waals surface area contributed by atoms with Crippen LogP contribution in [0.4, 0.5) is 0 Å². The molecule has 0 aromatic heterocycles. The van der Waals surface area contributed by atoms with Crippen molar-refractivity contribution in [3.63, 3.8) is 0 Å². The van der Waals surface area contributed by atoms with Gasteiger partial charge >= 0.3 is 6.75 Å². The Morgan fingerprint density at radius 3 is 2.00 bits per heavy atom. The normalized spacial score (nSPS) is 16.1. The van der Waals surface area contributed by atoms with Crippen LogP contribution < -0.4 is 0 Å². The van der Waals surface area contributed by atoms with Crippen molar-refractivity contribution in [3.05, 3.63) is 0 Å². The summed E-state index contributed by atoms with van der Waals surface area (Å²) in [4.78, 5) is 0. The maximum atomic E-state index is 10.7. The molecule has 1 N–H and O–H groups in total. The maximum absolute atomic E-state index is 10.7. The molecule has 10 nitrogen and oxygen atoms in total. The Morgan fingerprint density at radius 2 is 1.54 bits per heavy atom. The second-order valence-electron chi connectivity index (χ2n) is 1.08. The zero-order chi connectivity index (χ0) is 10.2. The third-order valence-electron chi connectivity index (χ3n) is 0.448. The second kappa shape index (κ2) is 7.54. The summed E-state index contributed by atoms with van der Waals surface area (Å²) in [6.45, 7) is -3.98. The van der Waals surface area contributed by atoms with Crippen LogP contribution in [0.1, 0.15) is 0 Å². The molecule has 0 saturated carbocycles. The standard InChI is InChI=1S/HO10P3/c1-5-6-7-8-9-10-13(4,11-2)12-3/h1H. The summed E-state index contributed by atoms with van der Waals surface area (Å²) in [6.07, 6.45) is 0. The van der Waals surface area contributed by atoms with Gasteiger partial charge in [0.15, 0.2) is 0 Å². The van der Waals surface area contributed by atoms with Crippen molar-refractivity contribution in [2.75, 3.05) is 0 Å². The van der Waals surface area contributed by atoms with Crippen LogP contribution in [0.25, 0.3) is 0 Å². The zero-order valence-corrected chi connectivity index (χ0v) is 8.15. The van der Waals surface area contributed by atoms with Crippen molar-refractivity contribution in [1.29, 1.82) is 0 Å². The van der Waals surface area contributed by atoms with Crippen molar-refractivity contribution in [3.8, 4) is 0 Å². The number of rotatable bonds is 8. The predicted octanol–water partition coefficient (Wildman–Crippen LogP) is 1.83. The van der Waals surface area contributed by atoms with E-state index in [9.17, 15) is 13.7 Å². The van der Waals surface area contributed by atoms with Crippen molar-refractivity contribution in [1.82, 2.24) is 0 Å². The van der Waals surface area contributed by atoms with E-state index < -0.39 is 23.0 Å². The predicted molar refractivity (Wildman–Crippen MR) is 32.0 cm³/mol. The van der Waals surface area contributed by atoms with Gasteiger partial charge in [-0.05, 0) is 25.2 Å².